The van der Waals surface area contributed by atoms with E-state index in [4.69, 9.17) is 0 Å². The monoisotopic (exact) mass is 357 g/mol. The molecular weight excluding hydrogens is 314 g/mol. The Labute approximate surface area is 163 Å². The molecule has 2 fully saturated rings. The molecule has 0 spiro atoms. The summed E-state index contributed by atoms with van der Waals surface area (Å²) in [5.41, 5.74) is -0.139. The Kier molecular flexibility index (Phi) is 9.80. The molecule has 0 unspecified atom stereocenters. The van der Waals surface area contributed by atoms with E-state index in [2.05, 4.69) is 32.1 Å². The molecule has 0 bridgehead atoms. The van der Waals surface area contributed by atoms with Crippen LogP contribution in [0.2, 0.25) is 0 Å². The van der Waals surface area contributed by atoms with Crippen molar-refractivity contribution in [2.45, 2.75) is 117 Å². The summed E-state index contributed by atoms with van der Waals surface area (Å²) in [7, 11) is 0. The molecular formula is C25H43N. The summed E-state index contributed by atoms with van der Waals surface area (Å²) in [6.07, 6.45) is 26.0. The fourth-order valence-corrected chi connectivity index (χ4v) is 5.39. The molecule has 148 valence electrons. The Morgan fingerprint density at radius 2 is 1.46 bits per heavy atom. The Balaban J connectivity index is 1.71. The summed E-state index contributed by atoms with van der Waals surface area (Å²) in [5.74, 6) is 2.88. The van der Waals surface area contributed by atoms with Crippen molar-refractivity contribution in [2.24, 2.45) is 23.2 Å². The van der Waals surface area contributed by atoms with Crippen molar-refractivity contribution < 1.29 is 0 Å². The maximum absolute atomic E-state index is 9.78. The van der Waals surface area contributed by atoms with E-state index in [1.807, 2.05) is 0 Å². The van der Waals surface area contributed by atoms with Gasteiger partial charge in [-0.15, -0.1) is 0 Å². The van der Waals surface area contributed by atoms with Crippen molar-refractivity contribution >= 4 is 0 Å². The highest BCUT2D eigenvalue weighted by atomic mass is 14.4. The smallest absolute Gasteiger partial charge is 0.0753 e. The number of allylic oxidation sites excluding steroid dienone is 2. The van der Waals surface area contributed by atoms with Gasteiger partial charge in [-0.05, 0) is 69.1 Å². The van der Waals surface area contributed by atoms with Gasteiger partial charge < -0.3 is 0 Å². The summed E-state index contributed by atoms with van der Waals surface area (Å²) >= 11 is 0. The number of nitriles is 1. The number of nitrogens with zero attached hydrogens (tertiary/aromatic N) is 1. The second-order valence-corrected chi connectivity index (χ2v) is 9.28. The Morgan fingerprint density at radius 3 is 2.08 bits per heavy atom. The van der Waals surface area contributed by atoms with E-state index >= 15 is 0 Å². The van der Waals surface area contributed by atoms with Gasteiger partial charge >= 0.3 is 0 Å². The van der Waals surface area contributed by atoms with Gasteiger partial charge in [-0.3, -0.25) is 0 Å². The van der Waals surface area contributed by atoms with Crippen LogP contribution in [-0.2, 0) is 0 Å². The third-order valence-electron chi connectivity index (χ3n) is 7.33. The lowest BCUT2D eigenvalue weighted by atomic mass is 9.64. The lowest BCUT2D eigenvalue weighted by Crippen LogP contribution is -2.30. The molecule has 0 saturated heterocycles. The van der Waals surface area contributed by atoms with Crippen LogP contribution in [-0.4, -0.2) is 0 Å². The zero-order chi connectivity index (χ0) is 18.7. The predicted octanol–water partition coefficient (Wildman–Crippen LogP) is 8.21. The Hall–Kier alpha value is -0.770. The highest BCUT2D eigenvalue weighted by molar-refractivity contribution is 5.14. The molecule has 2 saturated carbocycles. The number of unbranched alkanes of at least 4 members (excludes halogenated alkanes) is 5. The average Bonchev–Trinajstić information content (AvgIpc) is 2.69. The summed E-state index contributed by atoms with van der Waals surface area (Å²) in [6, 6.07) is 2.68. The zero-order valence-electron chi connectivity index (χ0n) is 17.6. The molecule has 0 aromatic carbocycles. The molecule has 1 nitrogen and oxygen atoms in total. The van der Waals surface area contributed by atoms with E-state index in [-0.39, 0.29) is 5.41 Å². The van der Waals surface area contributed by atoms with Gasteiger partial charge in [0.05, 0.1) is 11.5 Å². The van der Waals surface area contributed by atoms with Crippen molar-refractivity contribution in [3.63, 3.8) is 0 Å². The second-order valence-electron chi connectivity index (χ2n) is 9.28. The van der Waals surface area contributed by atoms with Gasteiger partial charge in [0, 0.05) is 0 Å². The zero-order valence-corrected chi connectivity index (χ0v) is 17.6. The SMILES string of the molecule is CCCCC/C=C\C1(C#N)CCC(C2CCC(CCCCC)CC2)CC1. The first kappa shape index (κ1) is 21.5. The molecule has 0 radical (unpaired) electrons. The van der Waals surface area contributed by atoms with Crippen molar-refractivity contribution in [1.29, 1.82) is 5.26 Å². The van der Waals surface area contributed by atoms with Gasteiger partial charge in [-0.2, -0.15) is 5.26 Å². The van der Waals surface area contributed by atoms with E-state index in [9.17, 15) is 5.26 Å². The maximum Gasteiger partial charge on any atom is 0.0753 e. The average molecular weight is 358 g/mol. The van der Waals surface area contributed by atoms with Crippen molar-refractivity contribution in [1.82, 2.24) is 0 Å². The molecule has 0 amide bonds. The molecule has 0 heterocycles. The molecule has 1 heteroatoms. The van der Waals surface area contributed by atoms with Crippen LogP contribution >= 0.6 is 0 Å². The van der Waals surface area contributed by atoms with Crippen molar-refractivity contribution in [2.75, 3.05) is 0 Å². The first-order chi connectivity index (χ1) is 12.7. The summed E-state index contributed by atoms with van der Waals surface area (Å²) in [4.78, 5) is 0. The van der Waals surface area contributed by atoms with E-state index in [1.165, 1.54) is 83.5 Å². The number of hydrogen-bond donors (Lipinski definition) is 0. The van der Waals surface area contributed by atoms with Crippen LogP contribution in [0.3, 0.4) is 0 Å². The molecule has 0 aromatic rings. The minimum atomic E-state index is -0.139. The van der Waals surface area contributed by atoms with Gasteiger partial charge in [0.25, 0.3) is 0 Å². The lowest BCUT2D eigenvalue weighted by molar-refractivity contribution is 0.136. The van der Waals surface area contributed by atoms with Gasteiger partial charge in [0.2, 0.25) is 0 Å². The molecule has 2 aliphatic carbocycles. The van der Waals surface area contributed by atoms with Gasteiger partial charge in [0.1, 0.15) is 0 Å². The number of rotatable bonds is 10. The maximum atomic E-state index is 9.78. The second kappa shape index (κ2) is 11.8. The quantitative estimate of drug-likeness (QED) is 0.285. The van der Waals surface area contributed by atoms with Crippen LogP contribution in [0.1, 0.15) is 117 Å². The van der Waals surface area contributed by atoms with Crippen LogP contribution in [0.15, 0.2) is 12.2 Å². The third kappa shape index (κ3) is 6.75. The van der Waals surface area contributed by atoms with Crippen LogP contribution in [0.4, 0.5) is 0 Å². The first-order valence-electron chi connectivity index (χ1n) is 11.8. The van der Waals surface area contributed by atoms with Crippen molar-refractivity contribution in [3.8, 4) is 6.07 Å². The van der Waals surface area contributed by atoms with Crippen molar-refractivity contribution in [3.05, 3.63) is 12.2 Å². The summed E-state index contributed by atoms with van der Waals surface area (Å²) in [6.45, 7) is 4.56. The first-order valence-corrected chi connectivity index (χ1v) is 11.8. The number of hydrogen-bond acceptors (Lipinski definition) is 1. The Bertz CT molecular complexity index is 428. The summed E-state index contributed by atoms with van der Waals surface area (Å²) in [5, 5.41) is 9.78. The normalized spacial score (nSPS) is 32.6. The van der Waals surface area contributed by atoms with E-state index in [1.54, 1.807) is 0 Å². The van der Waals surface area contributed by atoms with Gasteiger partial charge in [-0.1, -0.05) is 77.4 Å². The minimum Gasteiger partial charge on any atom is -0.197 e. The highest BCUT2D eigenvalue weighted by Crippen LogP contribution is 2.46. The molecule has 26 heavy (non-hydrogen) atoms. The molecule has 0 N–H and O–H groups in total. The molecule has 0 aliphatic heterocycles. The van der Waals surface area contributed by atoms with Crippen LogP contribution in [0, 0.1) is 34.5 Å². The molecule has 0 atom stereocenters. The fraction of sp³-hybridized carbons (Fsp3) is 0.880. The van der Waals surface area contributed by atoms with Gasteiger partial charge in [0.15, 0.2) is 0 Å². The van der Waals surface area contributed by atoms with Crippen LogP contribution in [0.25, 0.3) is 0 Å². The summed E-state index contributed by atoms with van der Waals surface area (Å²) < 4.78 is 0. The van der Waals surface area contributed by atoms with Crippen LogP contribution in [0.5, 0.6) is 0 Å². The largest absolute Gasteiger partial charge is 0.197 e. The molecule has 2 rings (SSSR count). The minimum absolute atomic E-state index is 0.139. The Morgan fingerprint density at radius 1 is 0.846 bits per heavy atom. The molecule has 2 aliphatic rings. The standard InChI is InChI=1S/C25H43N/c1-3-5-7-8-10-18-25(21-26)19-16-24(17-20-25)23-14-12-22(13-15-23)11-9-6-4-2/h10,18,22-24H,3-9,11-17,19-20H2,1-2H3/b18-10-. The predicted molar refractivity (Wildman–Crippen MR) is 113 cm³/mol. The van der Waals surface area contributed by atoms with E-state index in [0.29, 0.717) is 0 Å². The van der Waals surface area contributed by atoms with Crippen LogP contribution < -0.4 is 0 Å². The fourth-order valence-electron chi connectivity index (χ4n) is 5.39. The molecule has 0 aromatic heterocycles. The highest BCUT2D eigenvalue weighted by Gasteiger charge is 2.37. The third-order valence-corrected chi connectivity index (χ3v) is 7.33. The topological polar surface area (TPSA) is 23.8 Å². The van der Waals surface area contributed by atoms with E-state index < -0.39 is 0 Å². The lowest BCUT2D eigenvalue weighted by Gasteiger charge is -2.39. The van der Waals surface area contributed by atoms with Gasteiger partial charge in [-0.25, -0.2) is 0 Å². The van der Waals surface area contributed by atoms with E-state index in [0.717, 1.165) is 37.0 Å².